The maximum Gasteiger partial charge on any atom is 0.326 e. The number of carbonyl (C=O) groups excluding carboxylic acids is 3. The Bertz CT molecular complexity index is 678. The van der Waals surface area contributed by atoms with Gasteiger partial charge in [-0.2, -0.15) is 11.8 Å². The van der Waals surface area contributed by atoms with Crippen LogP contribution in [0.3, 0.4) is 0 Å². The van der Waals surface area contributed by atoms with E-state index in [1.165, 1.54) is 6.92 Å². The zero-order chi connectivity index (χ0) is 23.4. The van der Waals surface area contributed by atoms with Crippen LogP contribution in [0, 0.1) is 0 Å². The first-order chi connectivity index (χ1) is 13.8. The SMILES string of the molecule is C[C@@H](NC(=O)[C@@H](CSC[C@H](N)C(=O)O)NC(=O)CC[C@@H](NC(=O)Cl)C(=O)O)C(=O)O. The minimum atomic E-state index is -1.43. The Morgan fingerprint density at radius 2 is 1.50 bits per heavy atom. The molecule has 0 aromatic carbocycles. The standard InChI is InChI=1S/C15H23ClN4O9S/c1-6(12(23)24)18-11(22)9(5-30-4-7(17)13(25)26)19-10(21)3-2-8(14(27)28)20-15(16)29/h6-9H,2-5,17H2,1H3,(H,18,22)(H,19,21)(H,20,29)(H,23,24)(H,25,26)(H,27,28)/t6-,7+,8-,9-/m1/s1. The molecule has 0 heterocycles. The van der Waals surface area contributed by atoms with Gasteiger partial charge in [0.15, 0.2) is 0 Å². The molecule has 0 bridgehead atoms. The van der Waals surface area contributed by atoms with Gasteiger partial charge in [0.05, 0.1) is 0 Å². The predicted molar refractivity (Wildman–Crippen MR) is 105 cm³/mol. The van der Waals surface area contributed by atoms with Crippen molar-refractivity contribution in [3.05, 3.63) is 0 Å². The van der Waals surface area contributed by atoms with Crippen LogP contribution >= 0.6 is 23.4 Å². The molecule has 0 radical (unpaired) electrons. The second-order valence-electron chi connectivity index (χ2n) is 6.02. The summed E-state index contributed by atoms with van der Waals surface area (Å²) in [6, 6.07) is -5.12. The van der Waals surface area contributed by atoms with Crippen LogP contribution in [0.2, 0.25) is 0 Å². The number of rotatable bonds is 14. The van der Waals surface area contributed by atoms with Crippen molar-refractivity contribution < 1.29 is 44.1 Å². The molecule has 8 N–H and O–H groups in total. The molecule has 0 fully saturated rings. The van der Waals surface area contributed by atoms with Crippen LogP contribution in [0.25, 0.3) is 0 Å². The van der Waals surface area contributed by atoms with Crippen molar-refractivity contribution in [2.75, 3.05) is 11.5 Å². The van der Waals surface area contributed by atoms with E-state index in [0.717, 1.165) is 11.8 Å². The number of aliphatic carboxylic acids is 3. The van der Waals surface area contributed by atoms with E-state index in [-0.39, 0.29) is 17.9 Å². The van der Waals surface area contributed by atoms with Crippen molar-refractivity contribution in [2.24, 2.45) is 5.73 Å². The van der Waals surface area contributed by atoms with Crippen molar-refractivity contribution in [1.29, 1.82) is 0 Å². The number of carboxylic acids is 3. The van der Waals surface area contributed by atoms with Gasteiger partial charge in [0.2, 0.25) is 11.8 Å². The van der Waals surface area contributed by atoms with Gasteiger partial charge < -0.3 is 37.0 Å². The average Bonchev–Trinajstić information content (AvgIpc) is 2.63. The highest BCUT2D eigenvalue weighted by Gasteiger charge is 2.26. The molecule has 4 atom stereocenters. The molecule has 0 unspecified atom stereocenters. The third-order valence-electron chi connectivity index (χ3n) is 3.53. The van der Waals surface area contributed by atoms with E-state index < -0.39 is 65.7 Å². The lowest BCUT2D eigenvalue weighted by atomic mass is 10.1. The molecule has 0 spiro atoms. The minimum absolute atomic E-state index is 0.0771. The Kier molecular flexibility index (Phi) is 12.4. The van der Waals surface area contributed by atoms with Gasteiger partial charge in [-0.1, -0.05) is 0 Å². The maximum atomic E-state index is 12.3. The fraction of sp³-hybridized carbons (Fsp3) is 0.600. The first-order valence-electron chi connectivity index (χ1n) is 8.42. The van der Waals surface area contributed by atoms with Gasteiger partial charge in [-0.05, 0) is 24.9 Å². The van der Waals surface area contributed by atoms with E-state index in [0.29, 0.717) is 0 Å². The average molecular weight is 471 g/mol. The van der Waals surface area contributed by atoms with Crippen molar-refractivity contribution in [1.82, 2.24) is 16.0 Å². The van der Waals surface area contributed by atoms with Gasteiger partial charge in [-0.25, -0.2) is 4.79 Å². The first kappa shape index (κ1) is 27.4. The highest BCUT2D eigenvalue weighted by atomic mass is 35.5. The van der Waals surface area contributed by atoms with Gasteiger partial charge in [-0.3, -0.25) is 24.0 Å². The zero-order valence-corrected chi connectivity index (χ0v) is 17.4. The van der Waals surface area contributed by atoms with E-state index in [4.69, 9.17) is 32.7 Å². The number of amides is 3. The van der Waals surface area contributed by atoms with Crippen LogP contribution in [-0.2, 0) is 24.0 Å². The summed E-state index contributed by atoms with van der Waals surface area (Å²) < 4.78 is 0. The second-order valence-corrected chi connectivity index (χ2v) is 7.44. The van der Waals surface area contributed by atoms with E-state index in [1.54, 1.807) is 0 Å². The van der Waals surface area contributed by atoms with Gasteiger partial charge in [0.25, 0.3) is 0 Å². The number of nitrogens with one attached hydrogen (secondary N) is 3. The van der Waals surface area contributed by atoms with E-state index in [9.17, 15) is 28.8 Å². The molecular formula is C15H23ClN4O9S. The normalized spacial score (nSPS) is 14.5. The lowest BCUT2D eigenvalue weighted by Crippen LogP contribution is -2.52. The van der Waals surface area contributed by atoms with Crippen molar-refractivity contribution in [3.63, 3.8) is 0 Å². The number of thioether (sulfide) groups is 1. The smallest absolute Gasteiger partial charge is 0.326 e. The predicted octanol–water partition coefficient (Wildman–Crippen LogP) is -1.61. The molecule has 0 aliphatic heterocycles. The van der Waals surface area contributed by atoms with Crippen LogP contribution in [0.4, 0.5) is 4.79 Å². The monoisotopic (exact) mass is 470 g/mol. The molecule has 0 aromatic heterocycles. The Morgan fingerprint density at radius 3 is 1.97 bits per heavy atom. The molecule has 30 heavy (non-hydrogen) atoms. The molecule has 0 saturated carbocycles. The molecule has 0 aromatic rings. The van der Waals surface area contributed by atoms with Gasteiger partial charge >= 0.3 is 23.3 Å². The maximum absolute atomic E-state index is 12.3. The minimum Gasteiger partial charge on any atom is -0.480 e. The van der Waals surface area contributed by atoms with Crippen LogP contribution < -0.4 is 21.7 Å². The summed E-state index contributed by atoms with van der Waals surface area (Å²) in [5.41, 5.74) is 5.36. The molecule has 170 valence electrons. The highest BCUT2D eigenvalue weighted by Crippen LogP contribution is 2.07. The Labute approximate surface area is 180 Å². The molecule has 0 saturated heterocycles. The summed E-state index contributed by atoms with van der Waals surface area (Å²) in [7, 11) is 0. The second kappa shape index (κ2) is 13.6. The number of hydrogen-bond acceptors (Lipinski definition) is 8. The van der Waals surface area contributed by atoms with E-state index in [2.05, 4.69) is 10.6 Å². The quantitative estimate of drug-likeness (QED) is 0.113. The summed E-state index contributed by atoms with van der Waals surface area (Å²) in [6.45, 7) is 1.21. The molecule has 0 aliphatic rings. The molecule has 13 nitrogen and oxygen atoms in total. The number of carboxylic acid groups (broad SMARTS) is 3. The molecule has 0 aliphatic carbocycles. The molecular weight excluding hydrogens is 448 g/mol. The van der Waals surface area contributed by atoms with Gasteiger partial charge in [0.1, 0.15) is 24.2 Å². The number of carbonyl (C=O) groups is 6. The largest absolute Gasteiger partial charge is 0.480 e. The molecule has 0 rings (SSSR count). The van der Waals surface area contributed by atoms with Crippen molar-refractivity contribution in [2.45, 2.75) is 43.9 Å². The lowest BCUT2D eigenvalue weighted by molar-refractivity contribution is -0.141. The number of halogens is 1. The zero-order valence-electron chi connectivity index (χ0n) is 15.8. The summed E-state index contributed by atoms with van der Waals surface area (Å²) in [6.07, 6.45) is -0.720. The Hall–Kier alpha value is -2.58. The Balaban J connectivity index is 4.98. The first-order valence-corrected chi connectivity index (χ1v) is 9.95. The summed E-state index contributed by atoms with van der Waals surface area (Å²) in [5, 5.41) is 31.9. The van der Waals surface area contributed by atoms with Gasteiger partial charge in [0, 0.05) is 17.9 Å². The Morgan fingerprint density at radius 1 is 0.900 bits per heavy atom. The molecule has 15 heteroatoms. The van der Waals surface area contributed by atoms with Gasteiger partial charge in [-0.15, -0.1) is 0 Å². The third-order valence-corrected chi connectivity index (χ3v) is 4.80. The van der Waals surface area contributed by atoms with Crippen LogP contribution in [0.1, 0.15) is 19.8 Å². The van der Waals surface area contributed by atoms with Crippen molar-refractivity contribution >= 4 is 58.5 Å². The van der Waals surface area contributed by atoms with E-state index in [1.807, 2.05) is 5.32 Å². The summed E-state index contributed by atoms with van der Waals surface area (Å²) in [5.74, 6) is -5.77. The summed E-state index contributed by atoms with van der Waals surface area (Å²) >= 11 is 6.01. The van der Waals surface area contributed by atoms with Crippen LogP contribution in [0.15, 0.2) is 0 Å². The fourth-order valence-electron chi connectivity index (χ4n) is 1.88. The summed E-state index contributed by atoms with van der Waals surface area (Å²) in [4.78, 5) is 67.9. The number of hydrogen-bond donors (Lipinski definition) is 7. The highest BCUT2D eigenvalue weighted by molar-refractivity contribution is 7.99. The van der Waals surface area contributed by atoms with Crippen LogP contribution in [0.5, 0.6) is 0 Å². The fourth-order valence-corrected chi connectivity index (χ4v) is 3.01. The topological polar surface area (TPSA) is 225 Å². The van der Waals surface area contributed by atoms with Crippen LogP contribution in [-0.4, -0.2) is 86.1 Å². The third kappa shape index (κ3) is 11.4. The van der Waals surface area contributed by atoms with Crippen molar-refractivity contribution in [3.8, 4) is 0 Å². The lowest BCUT2D eigenvalue weighted by Gasteiger charge is -2.20. The number of nitrogens with two attached hydrogens (primary N) is 1. The van der Waals surface area contributed by atoms with E-state index >= 15 is 0 Å². The molecule has 3 amide bonds.